The number of morpholine rings is 1. The molecule has 1 aliphatic heterocycles. The van der Waals surface area contributed by atoms with E-state index in [1.165, 1.54) is 6.33 Å². The number of hydrogen-bond donors (Lipinski definition) is 1. The lowest BCUT2D eigenvalue weighted by molar-refractivity contribution is 0.122. The van der Waals surface area contributed by atoms with Gasteiger partial charge in [-0.25, -0.2) is 9.97 Å². The quantitative estimate of drug-likeness (QED) is 0.758. The first-order chi connectivity index (χ1) is 8.34. The summed E-state index contributed by atoms with van der Waals surface area (Å²) in [4.78, 5) is 24.6. The Morgan fingerprint density at radius 2 is 2.12 bits per heavy atom. The predicted octanol–water partition coefficient (Wildman–Crippen LogP) is 0.155. The summed E-state index contributed by atoms with van der Waals surface area (Å²) in [7, 11) is 0. The number of rotatable bonds is 1. The van der Waals surface area contributed by atoms with Crippen LogP contribution in [0.1, 0.15) is 0 Å². The molecule has 6 nitrogen and oxygen atoms in total. The zero-order valence-corrected chi connectivity index (χ0v) is 9.22. The molecule has 3 heterocycles. The molecule has 0 unspecified atom stereocenters. The maximum atomic E-state index is 11.5. The summed E-state index contributed by atoms with van der Waals surface area (Å²) in [6.07, 6.45) is 2.99. The first kappa shape index (κ1) is 10.2. The highest BCUT2D eigenvalue weighted by atomic mass is 16.5. The van der Waals surface area contributed by atoms with E-state index in [4.69, 9.17) is 4.74 Å². The van der Waals surface area contributed by atoms with Crippen LogP contribution in [0.15, 0.2) is 23.4 Å². The number of aromatic amines is 1. The molecule has 0 aliphatic carbocycles. The van der Waals surface area contributed by atoms with Gasteiger partial charge in [-0.1, -0.05) is 0 Å². The van der Waals surface area contributed by atoms with E-state index in [1.54, 1.807) is 6.20 Å². The smallest absolute Gasteiger partial charge is 0.260 e. The van der Waals surface area contributed by atoms with Crippen molar-refractivity contribution in [2.45, 2.75) is 0 Å². The van der Waals surface area contributed by atoms with Gasteiger partial charge in [-0.05, 0) is 0 Å². The fourth-order valence-corrected chi connectivity index (χ4v) is 1.92. The molecular formula is C11H12N4O2. The lowest BCUT2D eigenvalue weighted by Crippen LogP contribution is -2.36. The van der Waals surface area contributed by atoms with Crippen molar-refractivity contribution in [2.75, 3.05) is 31.2 Å². The Morgan fingerprint density at radius 3 is 2.94 bits per heavy atom. The van der Waals surface area contributed by atoms with E-state index in [9.17, 15) is 4.79 Å². The van der Waals surface area contributed by atoms with Crippen LogP contribution in [0.3, 0.4) is 0 Å². The SMILES string of the molecule is O=c1[nH]cnc2cc(N3CCOCC3)ncc12. The molecule has 17 heavy (non-hydrogen) atoms. The molecule has 2 aromatic heterocycles. The molecule has 1 N–H and O–H groups in total. The van der Waals surface area contributed by atoms with Crippen LogP contribution < -0.4 is 10.5 Å². The van der Waals surface area contributed by atoms with Gasteiger partial charge in [0.05, 0.1) is 30.4 Å². The van der Waals surface area contributed by atoms with Crippen LogP contribution in [0.4, 0.5) is 5.82 Å². The van der Waals surface area contributed by atoms with Gasteiger partial charge in [-0.2, -0.15) is 0 Å². The molecule has 2 aromatic rings. The topological polar surface area (TPSA) is 71.1 Å². The monoisotopic (exact) mass is 232 g/mol. The molecule has 0 spiro atoms. The normalized spacial score (nSPS) is 16.4. The average molecular weight is 232 g/mol. The third-order valence-electron chi connectivity index (χ3n) is 2.85. The molecule has 0 radical (unpaired) electrons. The van der Waals surface area contributed by atoms with Crippen LogP contribution >= 0.6 is 0 Å². The average Bonchev–Trinajstić information content (AvgIpc) is 2.40. The van der Waals surface area contributed by atoms with Crippen molar-refractivity contribution in [1.82, 2.24) is 15.0 Å². The fourth-order valence-electron chi connectivity index (χ4n) is 1.92. The van der Waals surface area contributed by atoms with E-state index in [0.717, 1.165) is 18.9 Å². The van der Waals surface area contributed by atoms with Crippen LogP contribution in [0.25, 0.3) is 10.9 Å². The number of H-pyrrole nitrogens is 1. The molecule has 0 amide bonds. The Bertz CT molecular complexity index is 589. The molecule has 0 saturated carbocycles. The van der Waals surface area contributed by atoms with Gasteiger partial charge in [0.1, 0.15) is 5.82 Å². The predicted molar refractivity (Wildman–Crippen MR) is 63.2 cm³/mol. The number of nitrogens with one attached hydrogen (secondary N) is 1. The zero-order chi connectivity index (χ0) is 11.7. The van der Waals surface area contributed by atoms with Crippen LogP contribution in [0.2, 0.25) is 0 Å². The van der Waals surface area contributed by atoms with E-state index in [0.29, 0.717) is 24.1 Å². The van der Waals surface area contributed by atoms with Gasteiger partial charge >= 0.3 is 0 Å². The van der Waals surface area contributed by atoms with Crippen molar-refractivity contribution in [3.05, 3.63) is 28.9 Å². The highest BCUT2D eigenvalue weighted by Crippen LogP contribution is 2.16. The second-order valence-electron chi connectivity index (χ2n) is 3.89. The Morgan fingerprint density at radius 1 is 1.29 bits per heavy atom. The Kier molecular flexibility index (Phi) is 2.49. The number of fused-ring (bicyclic) bond motifs is 1. The maximum Gasteiger partial charge on any atom is 0.260 e. The van der Waals surface area contributed by atoms with Gasteiger partial charge in [0, 0.05) is 25.4 Å². The first-order valence-electron chi connectivity index (χ1n) is 5.51. The number of aromatic nitrogens is 3. The molecular weight excluding hydrogens is 220 g/mol. The summed E-state index contributed by atoms with van der Waals surface area (Å²) in [6.45, 7) is 3.06. The van der Waals surface area contributed by atoms with E-state index < -0.39 is 0 Å². The highest BCUT2D eigenvalue weighted by molar-refractivity contribution is 5.78. The molecule has 0 bridgehead atoms. The van der Waals surface area contributed by atoms with Crippen molar-refractivity contribution in [3.8, 4) is 0 Å². The number of hydrogen-bond acceptors (Lipinski definition) is 5. The second kappa shape index (κ2) is 4.14. The van der Waals surface area contributed by atoms with E-state index >= 15 is 0 Å². The second-order valence-corrected chi connectivity index (χ2v) is 3.89. The molecule has 6 heteroatoms. The van der Waals surface area contributed by atoms with Gasteiger partial charge < -0.3 is 14.6 Å². The van der Waals surface area contributed by atoms with Crippen LogP contribution in [0, 0.1) is 0 Å². The Labute approximate surface area is 97.3 Å². The van der Waals surface area contributed by atoms with Gasteiger partial charge in [-0.15, -0.1) is 0 Å². The lowest BCUT2D eigenvalue weighted by atomic mass is 10.3. The summed E-state index contributed by atoms with van der Waals surface area (Å²) in [5, 5.41) is 0.518. The lowest BCUT2D eigenvalue weighted by Gasteiger charge is -2.27. The third kappa shape index (κ3) is 1.87. The van der Waals surface area contributed by atoms with E-state index in [2.05, 4.69) is 19.9 Å². The first-order valence-corrected chi connectivity index (χ1v) is 5.51. The van der Waals surface area contributed by atoms with Crippen LogP contribution in [-0.2, 0) is 4.74 Å². The summed E-state index contributed by atoms with van der Waals surface area (Å²) in [6, 6.07) is 1.84. The van der Waals surface area contributed by atoms with Crippen molar-refractivity contribution < 1.29 is 4.74 Å². The third-order valence-corrected chi connectivity index (χ3v) is 2.85. The Balaban J connectivity index is 2.04. The highest BCUT2D eigenvalue weighted by Gasteiger charge is 2.13. The maximum absolute atomic E-state index is 11.5. The molecule has 3 rings (SSSR count). The van der Waals surface area contributed by atoms with Gasteiger partial charge in [-0.3, -0.25) is 4.79 Å². The van der Waals surface area contributed by atoms with E-state index in [1.807, 2.05) is 6.07 Å². The zero-order valence-electron chi connectivity index (χ0n) is 9.22. The molecule has 88 valence electrons. The molecule has 0 atom stereocenters. The molecule has 1 saturated heterocycles. The minimum absolute atomic E-state index is 0.156. The summed E-state index contributed by atoms with van der Waals surface area (Å²) >= 11 is 0. The van der Waals surface area contributed by atoms with Crippen molar-refractivity contribution in [3.63, 3.8) is 0 Å². The fraction of sp³-hybridized carbons (Fsp3) is 0.364. The van der Waals surface area contributed by atoms with Gasteiger partial charge in [0.2, 0.25) is 0 Å². The number of anilines is 1. The standard InChI is InChI=1S/C11H12N4O2/c16-11-8-6-12-10(5-9(8)13-7-14-11)15-1-3-17-4-2-15/h5-7H,1-4H2,(H,13,14,16). The molecule has 0 aromatic carbocycles. The molecule has 1 aliphatic rings. The van der Waals surface area contributed by atoms with Crippen molar-refractivity contribution in [1.29, 1.82) is 0 Å². The summed E-state index contributed by atoms with van der Waals surface area (Å²) < 4.78 is 5.29. The van der Waals surface area contributed by atoms with Gasteiger partial charge in [0.15, 0.2) is 0 Å². The summed E-state index contributed by atoms with van der Waals surface area (Å²) in [5.74, 6) is 0.846. The van der Waals surface area contributed by atoms with Crippen LogP contribution in [-0.4, -0.2) is 41.3 Å². The number of nitrogens with zero attached hydrogens (tertiary/aromatic N) is 3. The minimum Gasteiger partial charge on any atom is -0.378 e. The van der Waals surface area contributed by atoms with Crippen LogP contribution in [0.5, 0.6) is 0 Å². The summed E-state index contributed by atoms with van der Waals surface area (Å²) in [5.41, 5.74) is 0.515. The van der Waals surface area contributed by atoms with Crippen molar-refractivity contribution in [2.24, 2.45) is 0 Å². The number of ether oxygens (including phenoxy) is 1. The Hall–Kier alpha value is -1.95. The molecule has 1 fully saturated rings. The van der Waals surface area contributed by atoms with Gasteiger partial charge in [0.25, 0.3) is 5.56 Å². The van der Waals surface area contributed by atoms with E-state index in [-0.39, 0.29) is 5.56 Å². The van der Waals surface area contributed by atoms with Crippen molar-refractivity contribution >= 4 is 16.7 Å². The minimum atomic E-state index is -0.156. The number of pyridine rings is 1. The largest absolute Gasteiger partial charge is 0.378 e.